The molecule has 0 radical (unpaired) electrons. The maximum atomic E-state index is 12.8. The van der Waals surface area contributed by atoms with Crippen LogP contribution in [0.15, 0.2) is 24.3 Å². The Kier molecular flexibility index (Phi) is 39.4. The van der Waals surface area contributed by atoms with E-state index in [2.05, 4.69) is 43.5 Å². The average Bonchev–Trinajstić information content (AvgIpc) is 3.14. The maximum absolute atomic E-state index is 12.8. The average molecular weight is 747 g/mol. The Morgan fingerprint density at radius 2 is 0.981 bits per heavy atom. The molecule has 0 saturated heterocycles. The number of rotatable bonds is 41. The third kappa shape index (κ3) is 37.9. The van der Waals surface area contributed by atoms with Gasteiger partial charge in [0.15, 0.2) is 0 Å². The lowest BCUT2D eigenvalue weighted by molar-refractivity contribution is -0.150. The van der Waals surface area contributed by atoms with Gasteiger partial charge in [0, 0.05) is 12.8 Å². The van der Waals surface area contributed by atoms with Crippen LogP contribution in [-0.2, 0) is 19.1 Å². The summed E-state index contributed by atoms with van der Waals surface area (Å²) in [6, 6.07) is -0.855. The molecule has 2 unspecified atom stereocenters. The number of amides is 1. The summed E-state index contributed by atoms with van der Waals surface area (Å²) in [5.41, 5.74) is 5.48. The fraction of sp³-hybridized carbons (Fsp3) is 0.848. The predicted molar refractivity (Wildman–Crippen MR) is 225 cm³/mol. The Hall–Kier alpha value is -2.15. The van der Waals surface area contributed by atoms with E-state index in [1.165, 1.54) is 122 Å². The van der Waals surface area contributed by atoms with Crippen LogP contribution in [0.5, 0.6) is 0 Å². The number of nitrogens with one attached hydrogen (secondary N) is 1. The van der Waals surface area contributed by atoms with Crippen LogP contribution in [0.25, 0.3) is 0 Å². The molecule has 0 aliphatic rings. The molecule has 0 saturated carbocycles. The van der Waals surface area contributed by atoms with Crippen LogP contribution < -0.4 is 11.1 Å². The Morgan fingerprint density at radius 1 is 0.547 bits per heavy atom. The molecule has 2 atom stereocenters. The first-order valence-corrected chi connectivity index (χ1v) is 22.7. The molecular weight excluding hydrogens is 661 g/mol. The number of aliphatic carboxylic acids is 1. The summed E-state index contributed by atoms with van der Waals surface area (Å²) in [6.45, 7) is 4.93. The molecule has 310 valence electrons. The lowest BCUT2D eigenvalue weighted by Crippen LogP contribution is -2.40. The first kappa shape index (κ1) is 50.9. The van der Waals surface area contributed by atoms with Crippen molar-refractivity contribution in [1.82, 2.24) is 5.32 Å². The van der Waals surface area contributed by atoms with Gasteiger partial charge in [-0.05, 0) is 90.0 Å². The SMILES string of the molecule is CCCCCC/C=C\C/C=C\CCCCCCCCCC(=O)OC(CCCCCCCCCCC)CCCCCCCC(=O)NC(CCCN)C(=O)O. The van der Waals surface area contributed by atoms with Gasteiger partial charge in [-0.15, -0.1) is 0 Å². The van der Waals surface area contributed by atoms with Crippen molar-refractivity contribution in [2.45, 2.75) is 244 Å². The van der Waals surface area contributed by atoms with Gasteiger partial charge in [0.25, 0.3) is 0 Å². The second-order valence-corrected chi connectivity index (χ2v) is 15.5. The fourth-order valence-corrected chi connectivity index (χ4v) is 6.83. The van der Waals surface area contributed by atoms with E-state index in [1.807, 2.05) is 0 Å². The molecule has 0 aromatic rings. The summed E-state index contributed by atoms with van der Waals surface area (Å²) in [7, 11) is 0. The molecule has 53 heavy (non-hydrogen) atoms. The first-order chi connectivity index (χ1) is 25.9. The maximum Gasteiger partial charge on any atom is 0.326 e. The zero-order valence-corrected chi connectivity index (χ0v) is 34.9. The molecule has 0 fully saturated rings. The third-order valence-electron chi connectivity index (χ3n) is 10.3. The van der Waals surface area contributed by atoms with Crippen LogP contribution in [0.4, 0.5) is 0 Å². The molecule has 0 aliphatic carbocycles. The highest BCUT2D eigenvalue weighted by molar-refractivity contribution is 5.83. The van der Waals surface area contributed by atoms with Gasteiger partial charge in [-0.2, -0.15) is 0 Å². The highest BCUT2D eigenvalue weighted by Gasteiger charge is 2.19. The second kappa shape index (κ2) is 41.0. The summed E-state index contributed by atoms with van der Waals surface area (Å²) >= 11 is 0. The Bertz CT molecular complexity index is 889. The lowest BCUT2D eigenvalue weighted by atomic mass is 10.0. The summed E-state index contributed by atoms with van der Waals surface area (Å²) in [4.78, 5) is 36.4. The zero-order valence-electron chi connectivity index (χ0n) is 34.9. The van der Waals surface area contributed by atoms with Gasteiger partial charge < -0.3 is 20.9 Å². The fourth-order valence-electron chi connectivity index (χ4n) is 6.83. The van der Waals surface area contributed by atoms with Gasteiger partial charge in [0.2, 0.25) is 5.91 Å². The van der Waals surface area contributed by atoms with Gasteiger partial charge >= 0.3 is 11.9 Å². The molecule has 7 nitrogen and oxygen atoms in total. The normalized spacial score (nSPS) is 12.8. The van der Waals surface area contributed by atoms with E-state index in [4.69, 9.17) is 10.5 Å². The van der Waals surface area contributed by atoms with Crippen LogP contribution in [0.3, 0.4) is 0 Å². The van der Waals surface area contributed by atoms with Crippen molar-refractivity contribution in [1.29, 1.82) is 0 Å². The van der Waals surface area contributed by atoms with Crippen molar-refractivity contribution >= 4 is 17.8 Å². The minimum Gasteiger partial charge on any atom is -0.480 e. The Labute approximate surface area is 327 Å². The number of hydrogen-bond acceptors (Lipinski definition) is 5. The molecule has 0 aromatic carbocycles. The number of ether oxygens (including phenoxy) is 1. The predicted octanol–water partition coefficient (Wildman–Crippen LogP) is 12.8. The monoisotopic (exact) mass is 747 g/mol. The molecule has 0 bridgehead atoms. The highest BCUT2D eigenvalue weighted by Crippen LogP contribution is 2.19. The Morgan fingerprint density at radius 3 is 1.47 bits per heavy atom. The van der Waals surface area contributed by atoms with Gasteiger partial charge in [0.05, 0.1) is 0 Å². The number of carboxylic acids is 1. The number of carbonyl (C=O) groups excluding carboxylic acids is 2. The number of unbranched alkanes of at least 4 members (excludes halogenated alkanes) is 23. The van der Waals surface area contributed by atoms with E-state index in [0.717, 1.165) is 70.6 Å². The highest BCUT2D eigenvalue weighted by atomic mass is 16.5. The standard InChI is InChI=1S/C46H86N2O5/c1-3-5-7-9-11-13-14-15-16-17-18-19-20-21-23-25-30-34-40-45(50)53-42(36-31-27-24-22-12-10-8-6-4-2)37-32-28-26-29-33-39-44(49)48-43(46(51)52)38-35-41-47/h13-14,16-17,42-43H,3-12,15,18-41,47H2,1-2H3,(H,48,49)(H,51,52)/b14-13-,17-16-. The van der Waals surface area contributed by atoms with Gasteiger partial charge in [-0.25, -0.2) is 4.79 Å². The number of esters is 1. The van der Waals surface area contributed by atoms with Crippen molar-refractivity contribution in [2.75, 3.05) is 6.54 Å². The molecule has 4 N–H and O–H groups in total. The number of allylic oxidation sites excluding steroid dienone is 4. The molecule has 0 aromatic heterocycles. The number of nitrogens with two attached hydrogens (primary N) is 1. The quantitative estimate of drug-likeness (QED) is 0.0325. The molecule has 0 rings (SSSR count). The van der Waals surface area contributed by atoms with Crippen LogP contribution in [0, 0.1) is 0 Å². The van der Waals surface area contributed by atoms with E-state index in [1.54, 1.807) is 0 Å². The van der Waals surface area contributed by atoms with Crippen molar-refractivity contribution in [3.05, 3.63) is 24.3 Å². The van der Waals surface area contributed by atoms with E-state index in [-0.39, 0.29) is 18.0 Å². The van der Waals surface area contributed by atoms with Crippen LogP contribution >= 0.6 is 0 Å². The van der Waals surface area contributed by atoms with Gasteiger partial charge in [0.1, 0.15) is 12.1 Å². The summed E-state index contributed by atoms with van der Waals surface area (Å²) in [6.07, 6.45) is 46.5. The third-order valence-corrected chi connectivity index (χ3v) is 10.3. The van der Waals surface area contributed by atoms with E-state index in [0.29, 0.717) is 32.2 Å². The van der Waals surface area contributed by atoms with Crippen molar-refractivity contribution in [3.8, 4) is 0 Å². The number of hydrogen-bond donors (Lipinski definition) is 3. The van der Waals surface area contributed by atoms with E-state index in [9.17, 15) is 19.5 Å². The van der Waals surface area contributed by atoms with E-state index >= 15 is 0 Å². The first-order valence-electron chi connectivity index (χ1n) is 22.7. The van der Waals surface area contributed by atoms with Crippen molar-refractivity contribution < 1.29 is 24.2 Å². The topological polar surface area (TPSA) is 119 Å². The van der Waals surface area contributed by atoms with Crippen molar-refractivity contribution in [2.24, 2.45) is 5.73 Å². The number of carbonyl (C=O) groups is 3. The zero-order chi connectivity index (χ0) is 38.9. The largest absolute Gasteiger partial charge is 0.480 e. The van der Waals surface area contributed by atoms with Gasteiger partial charge in [-0.1, -0.05) is 160 Å². The minimum atomic E-state index is -1.00. The molecular formula is C46H86N2O5. The summed E-state index contributed by atoms with van der Waals surface area (Å²) < 4.78 is 6.04. The molecule has 0 aliphatic heterocycles. The number of carboxylic acid groups (broad SMARTS) is 1. The van der Waals surface area contributed by atoms with Crippen LogP contribution in [-0.4, -0.2) is 41.6 Å². The molecule has 0 heterocycles. The molecule has 1 amide bonds. The second-order valence-electron chi connectivity index (χ2n) is 15.5. The summed E-state index contributed by atoms with van der Waals surface area (Å²) in [5, 5.41) is 11.9. The lowest BCUT2D eigenvalue weighted by Gasteiger charge is -2.18. The van der Waals surface area contributed by atoms with Crippen LogP contribution in [0.1, 0.15) is 232 Å². The smallest absolute Gasteiger partial charge is 0.326 e. The van der Waals surface area contributed by atoms with E-state index < -0.39 is 12.0 Å². The Balaban J connectivity index is 4.21. The van der Waals surface area contributed by atoms with Gasteiger partial charge in [-0.3, -0.25) is 9.59 Å². The van der Waals surface area contributed by atoms with Crippen LogP contribution in [0.2, 0.25) is 0 Å². The molecule has 7 heteroatoms. The molecule has 0 spiro atoms. The minimum absolute atomic E-state index is 0.0138. The summed E-state index contributed by atoms with van der Waals surface area (Å²) in [5.74, 6) is -1.23. The van der Waals surface area contributed by atoms with Crippen molar-refractivity contribution in [3.63, 3.8) is 0 Å².